The fourth-order valence-corrected chi connectivity index (χ4v) is 1.38. The summed E-state index contributed by atoms with van der Waals surface area (Å²) in [7, 11) is 1.18. The average molecular weight is 244 g/mol. The zero-order valence-corrected chi connectivity index (χ0v) is 8.63. The van der Waals surface area contributed by atoms with E-state index in [2.05, 4.69) is 14.7 Å². The van der Waals surface area contributed by atoms with Gasteiger partial charge in [0.25, 0.3) is 0 Å². The molecule has 0 saturated heterocycles. The number of alkyl halides is 3. The third-order valence-electron chi connectivity index (χ3n) is 2.18. The first-order chi connectivity index (χ1) is 7.91. The van der Waals surface area contributed by atoms with Crippen molar-refractivity contribution in [3.8, 4) is 0 Å². The Balaban J connectivity index is 2.52. The molecular formula is C10H7F3N2O2. The van der Waals surface area contributed by atoms with E-state index in [1.807, 2.05) is 0 Å². The minimum atomic E-state index is -4.51. The van der Waals surface area contributed by atoms with Crippen molar-refractivity contribution in [3.63, 3.8) is 0 Å². The lowest BCUT2D eigenvalue weighted by atomic mass is 10.3. The van der Waals surface area contributed by atoms with Crippen LogP contribution in [0.25, 0.3) is 11.0 Å². The number of esters is 1. The number of carbonyl (C=O) groups is 1. The van der Waals surface area contributed by atoms with Crippen molar-refractivity contribution in [1.82, 2.24) is 9.97 Å². The fraction of sp³-hybridized carbons (Fsp3) is 0.200. The van der Waals surface area contributed by atoms with Crippen molar-refractivity contribution >= 4 is 17.0 Å². The molecule has 2 heterocycles. The summed E-state index contributed by atoms with van der Waals surface area (Å²) in [5.74, 6) is -0.656. The summed E-state index contributed by atoms with van der Waals surface area (Å²) in [5, 5.41) is 0.415. The Hall–Kier alpha value is -2.05. The highest BCUT2D eigenvalue weighted by Gasteiger charge is 2.32. The molecule has 90 valence electrons. The van der Waals surface area contributed by atoms with Gasteiger partial charge in [-0.3, -0.25) is 0 Å². The lowest BCUT2D eigenvalue weighted by Gasteiger charge is -2.04. The van der Waals surface area contributed by atoms with Crippen LogP contribution in [0.2, 0.25) is 0 Å². The van der Waals surface area contributed by atoms with Crippen LogP contribution in [0.1, 0.15) is 16.2 Å². The number of nitrogens with zero attached hydrogens (tertiary/aromatic N) is 1. The summed E-state index contributed by atoms with van der Waals surface area (Å²) in [6, 6.07) is 3.49. The molecule has 17 heavy (non-hydrogen) atoms. The molecule has 0 aromatic carbocycles. The molecule has 0 aliphatic heterocycles. The molecule has 0 atom stereocenters. The first-order valence-electron chi connectivity index (χ1n) is 4.57. The highest BCUT2D eigenvalue weighted by Crippen LogP contribution is 2.29. The molecule has 2 aromatic heterocycles. The average Bonchev–Trinajstić information content (AvgIpc) is 2.69. The van der Waals surface area contributed by atoms with E-state index in [-0.39, 0.29) is 11.3 Å². The van der Waals surface area contributed by atoms with Crippen LogP contribution < -0.4 is 0 Å². The maximum Gasteiger partial charge on any atom is 0.433 e. The molecular weight excluding hydrogens is 237 g/mol. The predicted octanol–water partition coefficient (Wildman–Crippen LogP) is 2.37. The van der Waals surface area contributed by atoms with Gasteiger partial charge in [-0.2, -0.15) is 13.2 Å². The number of rotatable bonds is 1. The number of aromatic amines is 1. The van der Waals surface area contributed by atoms with Crippen LogP contribution in [0.15, 0.2) is 18.2 Å². The molecule has 1 N–H and O–H groups in total. The molecule has 7 heteroatoms. The lowest BCUT2D eigenvalue weighted by Crippen LogP contribution is -2.07. The minimum absolute atomic E-state index is 0.000208. The number of H-pyrrole nitrogens is 1. The molecule has 0 bridgehead atoms. The Kier molecular flexibility index (Phi) is 2.53. The summed E-state index contributed by atoms with van der Waals surface area (Å²) < 4.78 is 41.6. The topological polar surface area (TPSA) is 55.0 Å². The number of aromatic nitrogens is 2. The number of hydrogen-bond donors (Lipinski definition) is 1. The van der Waals surface area contributed by atoms with E-state index < -0.39 is 17.8 Å². The van der Waals surface area contributed by atoms with E-state index in [1.165, 1.54) is 19.2 Å². The second kappa shape index (κ2) is 3.76. The molecule has 4 nitrogen and oxygen atoms in total. The van der Waals surface area contributed by atoms with Crippen LogP contribution >= 0.6 is 0 Å². The highest BCUT2D eigenvalue weighted by molar-refractivity contribution is 5.93. The Morgan fingerprint density at radius 1 is 1.41 bits per heavy atom. The zero-order valence-electron chi connectivity index (χ0n) is 8.63. The molecule has 0 saturated carbocycles. The summed E-state index contributed by atoms with van der Waals surface area (Å²) in [6.07, 6.45) is -4.51. The van der Waals surface area contributed by atoms with Gasteiger partial charge in [0.2, 0.25) is 0 Å². The third-order valence-corrected chi connectivity index (χ3v) is 2.18. The number of hydrogen-bond acceptors (Lipinski definition) is 3. The van der Waals surface area contributed by atoms with E-state index in [4.69, 9.17) is 0 Å². The Labute approximate surface area is 93.4 Å². The number of nitrogens with one attached hydrogen (secondary N) is 1. The molecule has 0 amide bonds. The van der Waals surface area contributed by atoms with Crippen molar-refractivity contribution in [2.75, 3.05) is 7.11 Å². The van der Waals surface area contributed by atoms with E-state index in [0.29, 0.717) is 5.39 Å². The smallest absolute Gasteiger partial charge is 0.433 e. The van der Waals surface area contributed by atoms with Gasteiger partial charge in [-0.25, -0.2) is 9.78 Å². The maximum atomic E-state index is 12.4. The predicted molar refractivity (Wildman–Crippen MR) is 52.4 cm³/mol. The second-order valence-corrected chi connectivity index (χ2v) is 3.31. The Morgan fingerprint density at radius 3 is 2.71 bits per heavy atom. The number of pyridine rings is 1. The van der Waals surface area contributed by atoms with Crippen molar-refractivity contribution in [2.24, 2.45) is 0 Å². The van der Waals surface area contributed by atoms with Gasteiger partial charge in [0.15, 0.2) is 0 Å². The molecule has 2 rings (SSSR count). The van der Waals surface area contributed by atoms with Crippen molar-refractivity contribution in [2.45, 2.75) is 6.18 Å². The summed E-state index contributed by atoms with van der Waals surface area (Å²) in [6.45, 7) is 0. The Morgan fingerprint density at radius 2 is 2.12 bits per heavy atom. The number of halogens is 3. The van der Waals surface area contributed by atoms with Crippen LogP contribution in [-0.4, -0.2) is 23.0 Å². The Bertz CT molecular complexity index is 574. The summed E-state index contributed by atoms with van der Waals surface area (Å²) in [5.41, 5.74) is -0.946. The molecule has 0 aliphatic carbocycles. The largest absolute Gasteiger partial charge is 0.464 e. The minimum Gasteiger partial charge on any atom is -0.464 e. The van der Waals surface area contributed by atoms with Crippen LogP contribution in [0.4, 0.5) is 13.2 Å². The van der Waals surface area contributed by atoms with Crippen LogP contribution in [0.5, 0.6) is 0 Å². The van der Waals surface area contributed by atoms with Gasteiger partial charge < -0.3 is 9.72 Å². The normalized spacial score (nSPS) is 11.8. The van der Waals surface area contributed by atoms with Gasteiger partial charge in [-0.1, -0.05) is 0 Å². The lowest BCUT2D eigenvalue weighted by molar-refractivity contribution is -0.141. The highest BCUT2D eigenvalue weighted by atomic mass is 19.4. The van der Waals surface area contributed by atoms with Crippen LogP contribution in [0, 0.1) is 0 Å². The molecule has 0 aliphatic rings. The van der Waals surface area contributed by atoms with E-state index >= 15 is 0 Å². The van der Waals surface area contributed by atoms with Crippen molar-refractivity contribution < 1.29 is 22.7 Å². The zero-order chi connectivity index (χ0) is 12.6. The quantitative estimate of drug-likeness (QED) is 0.783. The van der Waals surface area contributed by atoms with E-state index in [1.54, 1.807) is 0 Å². The number of fused-ring (bicyclic) bond motifs is 1. The molecule has 0 spiro atoms. The molecule has 2 aromatic rings. The SMILES string of the molecule is COC(=O)c1cc2ccc(C(F)(F)F)nc2[nH]1. The fourth-order valence-electron chi connectivity index (χ4n) is 1.38. The van der Waals surface area contributed by atoms with Gasteiger partial charge in [0, 0.05) is 5.39 Å². The molecule has 0 unspecified atom stereocenters. The molecule has 0 fully saturated rings. The van der Waals surface area contributed by atoms with Gasteiger partial charge in [0.05, 0.1) is 7.11 Å². The van der Waals surface area contributed by atoms with Gasteiger partial charge in [-0.05, 0) is 18.2 Å². The number of ether oxygens (including phenoxy) is 1. The van der Waals surface area contributed by atoms with Gasteiger partial charge >= 0.3 is 12.1 Å². The number of carbonyl (C=O) groups excluding carboxylic acids is 1. The molecule has 0 radical (unpaired) electrons. The van der Waals surface area contributed by atoms with E-state index in [0.717, 1.165) is 6.07 Å². The van der Waals surface area contributed by atoms with E-state index in [9.17, 15) is 18.0 Å². The van der Waals surface area contributed by atoms with Crippen LogP contribution in [0.3, 0.4) is 0 Å². The summed E-state index contributed by atoms with van der Waals surface area (Å²) in [4.78, 5) is 17.0. The first kappa shape index (κ1) is 11.4. The van der Waals surface area contributed by atoms with Crippen molar-refractivity contribution in [3.05, 3.63) is 29.6 Å². The monoisotopic (exact) mass is 244 g/mol. The van der Waals surface area contributed by atoms with Crippen molar-refractivity contribution in [1.29, 1.82) is 0 Å². The summed E-state index contributed by atoms with van der Waals surface area (Å²) >= 11 is 0. The van der Waals surface area contributed by atoms with Gasteiger partial charge in [0.1, 0.15) is 17.0 Å². The number of methoxy groups -OCH3 is 1. The van der Waals surface area contributed by atoms with Gasteiger partial charge in [-0.15, -0.1) is 0 Å². The standard InChI is InChI=1S/C10H7F3N2O2/c1-17-9(16)6-4-5-2-3-7(10(11,12)13)15-8(5)14-6/h2-4H,1H3,(H,14,15). The third kappa shape index (κ3) is 2.08. The maximum absolute atomic E-state index is 12.4. The van der Waals surface area contributed by atoms with Crippen LogP contribution in [-0.2, 0) is 10.9 Å². The second-order valence-electron chi connectivity index (χ2n) is 3.31. The first-order valence-corrected chi connectivity index (χ1v) is 4.57.